The third kappa shape index (κ3) is 13.6. The Morgan fingerprint density at radius 1 is 0.650 bits per heavy atom. The lowest BCUT2D eigenvalue weighted by Gasteiger charge is -2.02. The van der Waals surface area contributed by atoms with Gasteiger partial charge in [-0.3, -0.25) is 4.79 Å². The molecule has 0 aliphatic rings. The molecule has 0 atom stereocenters. The molecule has 0 spiro atoms. The minimum absolute atomic E-state index is 0.201. The molecular weight excluding hydrogens is 252 g/mol. The fourth-order valence-corrected chi connectivity index (χ4v) is 2.41. The molecule has 3 heteroatoms. The summed E-state index contributed by atoms with van der Waals surface area (Å²) in [5.74, 6) is -1.93. The van der Waals surface area contributed by atoms with Crippen molar-refractivity contribution >= 4 is 11.8 Å². The summed E-state index contributed by atoms with van der Waals surface area (Å²) in [5.41, 5.74) is 0. The molecule has 0 aromatic rings. The maximum atomic E-state index is 10.8. The average Bonchev–Trinajstić information content (AvgIpc) is 2.43. The molecule has 118 valence electrons. The molecule has 0 aliphatic carbocycles. The molecule has 0 rings (SSSR count). The molecule has 3 nitrogen and oxygen atoms in total. The van der Waals surface area contributed by atoms with Crippen molar-refractivity contribution in [1.29, 1.82) is 0 Å². The Balaban J connectivity index is 3.06. The molecule has 20 heavy (non-hydrogen) atoms. The van der Waals surface area contributed by atoms with E-state index in [1.807, 2.05) is 0 Å². The monoisotopic (exact) mass is 284 g/mol. The summed E-state index contributed by atoms with van der Waals surface area (Å²) in [6.07, 6.45) is 16.5. The molecule has 0 amide bonds. The first-order chi connectivity index (χ1) is 9.68. The molecule has 0 aliphatic heterocycles. The van der Waals surface area contributed by atoms with Crippen LogP contribution in [0.25, 0.3) is 0 Å². The molecule has 0 aromatic carbocycles. The first kappa shape index (κ1) is 19.1. The number of unbranched alkanes of at least 4 members (excludes halogenated alkanes) is 12. The molecule has 0 saturated carbocycles. The Morgan fingerprint density at radius 3 is 1.35 bits per heavy atom. The number of carbonyl (C=O) groups excluding carboxylic acids is 1. The van der Waals surface area contributed by atoms with Crippen LogP contribution < -0.4 is 0 Å². The van der Waals surface area contributed by atoms with Gasteiger partial charge in [-0.05, 0) is 6.42 Å². The van der Waals surface area contributed by atoms with Crippen LogP contribution in [-0.2, 0) is 9.59 Å². The van der Waals surface area contributed by atoms with Gasteiger partial charge >= 0.3 is 5.97 Å². The minimum Gasteiger partial charge on any atom is -0.476 e. The molecule has 0 unspecified atom stereocenters. The first-order valence-corrected chi connectivity index (χ1v) is 8.44. The molecule has 0 saturated heterocycles. The van der Waals surface area contributed by atoms with E-state index in [-0.39, 0.29) is 6.42 Å². The predicted octanol–water partition coefficient (Wildman–Crippen LogP) is 5.12. The summed E-state index contributed by atoms with van der Waals surface area (Å²) >= 11 is 0. The van der Waals surface area contributed by atoms with Gasteiger partial charge in [0.25, 0.3) is 0 Å². The average molecular weight is 284 g/mol. The van der Waals surface area contributed by atoms with Gasteiger partial charge in [-0.2, -0.15) is 0 Å². The number of aliphatic carboxylic acids is 1. The fourth-order valence-electron chi connectivity index (χ4n) is 2.41. The lowest BCUT2D eigenvalue weighted by Crippen LogP contribution is -2.11. The zero-order chi connectivity index (χ0) is 15.1. The predicted molar refractivity (Wildman–Crippen MR) is 83.0 cm³/mol. The van der Waals surface area contributed by atoms with Crippen LogP contribution in [0.1, 0.15) is 96.8 Å². The molecule has 0 aromatic heterocycles. The quantitative estimate of drug-likeness (QED) is 0.335. The SMILES string of the molecule is CCCCCCCCCCCCCCCC(=O)C(=O)O. The van der Waals surface area contributed by atoms with Gasteiger partial charge in [0.05, 0.1) is 0 Å². The second-order valence-corrected chi connectivity index (χ2v) is 5.72. The van der Waals surface area contributed by atoms with Crippen molar-refractivity contribution in [2.75, 3.05) is 0 Å². The molecule has 1 N–H and O–H groups in total. The molecule has 0 bridgehead atoms. The van der Waals surface area contributed by atoms with Crippen molar-refractivity contribution in [2.45, 2.75) is 96.8 Å². The summed E-state index contributed by atoms with van der Waals surface area (Å²) in [4.78, 5) is 21.1. The van der Waals surface area contributed by atoms with Crippen LogP contribution in [0.3, 0.4) is 0 Å². The van der Waals surface area contributed by atoms with E-state index < -0.39 is 11.8 Å². The maximum Gasteiger partial charge on any atom is 0.372 e. The number of carboxylic acid groups (broad SMARTS) is 1. The van der Waals surface area contributed by atoms with Gasteiger partial charge in [0.1, 0.15) is 0 Å². The second kappa shape index (κ2) is 14.5. The highest BCUT2D eigenvalue weighted by Gasteiger charge is 2.09. The zero-order valence-electron chi connectivity index (χ0n) is 13.2. The van der Waals surface area contributed by atoms with Gasteiger partial charge in [-0.15, -0.1) is 0 Å². The molecule has 0 radical (unpaired) electrons. The van der Waals surface area contributed by atoms with E-state index in [9.17, 15) is 9.59 Å². The third-order valence-electron chi connectivity index (χ3n) is 3.75. The highest BCUT2D eigenvalue weighted by atomic mass is 16.4. The van der Waals surface area contributed by atoms with E-state index in [0.717, 1.165) is 19.3 Å². The van der Waals surface area contributed by atoms with Crippen LogP contribution in [0.4, 0.5) is 0 Å². The Morgan fingerprint density at radius 2 is 1.00 bits per heavy atom. The number of carboxylic acids is 1. The van der Waals surface area contributed by atoms with E-state index in [2.05, 4.69) is 6.92 Å². The third-order valence-corrected chi connectivity index (χ3v) is 3.75. The summed E-state index contributed by atoms with van der Waals surface area (Å²) in [5, 5.41) is 8.42. The zero-order valence-corrected chi connectivity index (χ0v) is 13.2. The number of hydrogen-bond acceptors (Lipinski definition) is 2. The van der Waals surface area contributed by atoms with Gasteiger partial charge in [0.2, 0.25) is 5.78 Å². The first-order valence-electron chi connectivity index (χ1n) is 8.44. The Labute approximate surface area is 124 Å². The Bertz CT molecular complexity index is 249. The minimum atomic E-state index is -1.29. The van der Waals surface area contributed by atoms with Crippen LogP contribution in [0.2, 0.25) is 0 Å². The van der Waals surface area contributed by atoms with E-state index in [1.165, 1.54) is 64.2 Å². The van der Waals surface area contributed by atoms with Crippen molar-refractivity contribution in [3.8, 4) is 0 Å². The number of hydrogen-bond donors (Lipinski definition) is 1. The topological polar surface area (TPSA) is 54.4 Å². The van der Waals surface area contributed by atoms with Gasteiger partial charge in [0.15, 0.2) is 0 Å². The van der Waals surface area contributed by atoms with Crippen LogP contribution >= 0.6 is 0 Å². The van der Waals surface area contributed by atoms with Crippen molar-refractivity contribution in [3.63, 3.8) is 0 Å². The van der Waals surface area contributed by atoms with Gasteiger partial charge < -0.3 is 5.11 Å². The fraction of sp³-hybridized carbons (Fsp3) is 0.882. The Hall–Kier alpha value is -0.860. The molecule has 0 heterocycles. The maximum absolute atomic E-state index is 10.8. The smallest absolute Gasteiger partial charge is 0.372 e. The lowest BCUT2D eigenvalue weighted by molar-refractivity contribution is -0.149. The number of Topliss-reactive ketones (excluding diaryl/α,β-unsaturated/α-hetero) is 1. The molecule has 0 fully saturated rings. The number of rotatable bonds is 15. The van der Waals surface area contributed by atoms with Crippen LogP contribution in [0.5, 0.6) is 0 Å². The second-order valence-electron chi connectivity index (χ2n) is 5.72. The summed E-state index contributed by atoms with van der Waals surface area (Å²) < 4.78 is 0. The highest BCUT2D eigenvalue weighted by Crippen LogP contribution is 2.12. The van der Waals surface area contributed by atoms with Crippen LogP contribution in [0, 0.1) is 0 Å². The van der Waals surface area contributed by atoms with Crippen molar-refractivity contribution in [1.82, 2.24) is 0 Å². The Kier molecular flexibility index (Phi) is 13.9. The van der Waals surface area contributed by atoms with Crippen molar-refractivity contribution in [3.05, 3.63) is 0 Å². The van der Waals surface area contributed by atoms with E-state index in [0.29, 0.717) is 0 Å². The van der Waals surface area contributed by atoms with Crippen molar-refractivity contribution < 1.29 is 14.7 Å². The lowest BCUT2D eigenvalue weighted by atomic mass is 10.0. The number of ketones is 1. The van der Waals surface area contributed by atoms with E-state index >= 15 is 0 Å². The summed E-state index contributed by atoms with van der Waals surface area (Å²) in [7, 11) is 0. The van der Waals surface area contributed by atoms with Gasteiger partial charge in [-0.25, -0.2) is 4.79 Å². The van der Waals surface area contributed by atoms with Crippen molar-refractivity contribution in [2.24, 2.45) is 0 Å². The van der Waals surface area contributed by atoms with Crippen LogP contribution in [0.15, 0.2) is 0 Å². The summed E-state index contributed by atoms with van der Waals surface area (Å²) in [6.45, 7) is 2.25. The van der Waals surface area contributed by atoms with Crippen LogP contribution in [-0.4, -0.2) is 16.9 Å². The normalized spacial score (nSPS) is 10.7. The van der Waals surface area contributed by atoms with Gasteiger partial charge in [-0.1, -0.05) is 84.0 Å². The largest absolute Gasteiger partial charge is 0.476 e. The number of carbonyl (C=O) groups is 2. The highest BCUT2D eigenvalue weighted by molar-refractivity contribution is 6.32. The van der Waals surface area contributed by atoms with E-state index in [4.69, 9.17) is 5.11 Å². The summed E-state index contributed by atoms with van der Waals surface area (Å²) in [6, 6.07) is 0. The van der Waals surface area contributed by atoms with E-state index in [1.54, 1.807) is 0 Å². The van der Waals surface area contributed by atoms with Gasteiger partial charge in [0, 0.05) is 6.42 Å². The standard InChI is InChI=1S/C17H32O3/c1-2-3-4-5-6-7-8-9-10-11-12-13-14-15-16(18)17(19)20/h2-15H2,1H3,(H,19,20). The molecular formula is C17H32O3.